The molecule has 1 fully saturated rings. The molecule has 0 radical (unpaired) electrons. The first-order valence-corrected chi connectivity index (χ1v) is 12.5. The number of aryl methyl sites for hydroxylation is 2. The van der Waals surface area contributed by atoms with E-state index in [1.54, 1.807) is 6.07 Å². The molecule has 0 aliphatic carbocycles. The molecule has 2 N–H and O–H groups in total. The van der Waals surface area contributed by atoms with Crippen LogP contribution in [0.2, 0.25) is 5.02 Å². The van der Waals surface area contributed by atoms with Crippen LogP contribution in [0, 0.1) is 19.8 Å². The summed E-state index contributed by atoms with van der Waals surface area (Å²) in [5, 5.41) is 7.60. The van der Waals surface area contributed by atoms with E-state index in [-0.39, 0.29) is 11.9 Å². The highest BCUT2D eigenvalue weighted by Crippen LogP contribution is 2.50. The second-order valence-electron chi connectivity index (χ2n) is 8.87. The quantitative estimate of drug-likeness (QED) is 0.360. The fourth-order valence-corrected chi connectivity index (χ4v) is 5.90. The number of carbonyl (C=O) groups is 1. The number of carbonyl (C=O) groups excluding carboxylic acids is 1. The van der Waals surface area contributed by atoms with E-state index in [0.29, 0.717) is 15.9 Å². The van der Waals surface area contributed by atoms with Crippen molar-refractivity contribution in [2.75, 3.05) is 10.2 Å². The lowest BCUT2D eigenvalue weighted by molar-refractivity contribution is -0.130. The van der Waals surface area contributed by atoms with Gasteiger partial charge in [0, 0.05) is 26.4 Å². The predicted molar refractivity (Wildman–Crippen MR) is 144 cm³/mol. The Kier molecular flexibility index (Phi) is 5.82. The molecule has 0 aromatic heterocycles. The molecule has 3 atom stereocenters. The summed E-state index contributed by atoms with van der Waals surface area (Å²) in [6.07, 6.45) is 0. The van der Waals surface area contributed by atoms with Gasteiger partial charge in [0.25, 0.3) is 0 Å². The SMILES string of the molecule is Cc1ccc(NC(=O)[C@H]2[C@H]3NC(=S)N(c4cccc(Cl)c4)[C@@]2(C)Oc2ccc(Br)cc23)c(C)c1. The minimum atomic E-state index is -1.10. The number of halogens is 2. The van der Waals surface area contributed by atoms with Gasteiger partial charge in [0.05, 0.1) is 6.04 Å². The summed E-state index contributed by atoms with van der Waals surface area (Å²) in [4.78, 5) is 15.8. The van der Waals surface area contributed by atoms with Crippen LogP contribution < -0.4 is 20.3 Å². The molecule has 3 aromatic rings. The van der Waals surface area contributed by atoms with E-state index in [0.717, 1.165) is 32.5 Å². The Hall–Kier alpha value is -2.61. The van der Waals surface area contributed by atoms with E-state index in [2.05, 4.69) is 26.6 Å². The molecule has 34 heavy (non-hydrogen) atoms. The number of hydrogen-bond acceptors (Lipinski definition) is 3. The smallest absolute Gasteiger partial charge is 0.236 e. The number of benzene rings is 3. The Morgan fingerprint density at radius 3 is 2.71 bits per heavy atom. The number of hydrogen-bond donors (Lipinski definition) is 2. The Balaban J connectivity index is 1.63. The summed E-state index contributed by atoms with van der Waals surface area (Å²) >= 11 is 15.7. The lowest BCUT2D eigenvalue weighted by Gasteiger charge is -2.56. The van der Waals surface area contributed by atoms with Crippen molar-refractivity contribution in [2.24, 2.45) is 5.92 Å². The van der Waals surface area contributed by atoms with E-state index in [1.807, 2.05) is 80.3 Å². The van der Waals surface area contributed by atoms with E-state index >= 15 is 0 Å². The molecule has 0 unspecified atom stereocenters. The van der Waals surface area contributed by atoms with Gasteiger partial charge in [0.15, 0.2) is 10.8 Å². The summed E-state index contributed by atoms with van der Waals surface area (Å²) in [6.45, 7) is 5.92. The standard InChI is InChI=1S/C26H23BrClN3O2S/c1-14-7-9-20(15(2)11-14)29-24(32)22-23-19-12-16(27)8-10-21(19)33-26(22,3)31(25(34)30-23)18-6-4-5-17(28)13-18/h4-13,22-23H,1-3H3,(H,29,32)(H,30,34)/t22-,23+,26+/m1/s1. The van der Waals surface area contributed by atoms with Crippen molar-refractivity contribution in [3.8, 4) is 5.75 Å². The normalized spacial score (nSPS) is 23.0. The number of rotatable bonds is 3. The van der Waals surface area contributed by atoms with Gasteiger partial charge in [0.2, 0.25) is 5.91 Å². The molecule has 0 saturated carbocycles. The van der Waals surface area contributed by atoms with Gasteiger partial charge in [-0.15, -0.1) is 0 Å². The van der Waals surface area contributed by atoms with Crippen molar-refractivity contribution in [3.63, 3.8) is 0 Å². The predicted octanol–water partition coefficient (Wildman–Crippen LogP) is 6.52. The molecule has 5 nitrogen and oxygen atoms in total. The molecule has 2 heterocycles. The van der Waals surface area contributed by atoms with Crippen LogP contribution in [-0.4, -0.2) is 16.7 Å². The zero-order valence-corrected chi connectivity index (χ0v) is 22.0. The second-order valence-corrected chi connectivity index (χ2v) is 10.6. The summed E-state index contributed by atoms with van der Waals surface area (Å²) < 4.78 is 7.52. The summed E-state index contributed by atoms with van der Waals surface area (Å²) in [5.74, 6) is -0.0823. The molecular weight excluding hydrogens is 534 g/mol. The third-order valence-corrected chi connectivity index (χ3v) is 7.48. The number of nitrogens with one attached hydrogen (secondary N) is 2. The Bertz CT molecular complexity index is 1330. The molecule has 2 aliphatic heterocycles. The van der Waals surface area contributed by atoms with Crippen LogP contribution in [0.3, 0.4) is 0 Å². The zero-order chi connectivity index (χ0) is 24.2. The third-order valence-electron chi connectivity index (χ3n) is 6.45. The fraction of sp³-hybridized carbons (Fsp3) is 0.231. The number of fused-ring (bicyclic) bond motifs is 4. The van der Waals surface area contributed by atoms with Crippen molar-refractivity contribution in [3.05, 3.63) is 86.8 Å². The van der Waals surface area contributed by atoms with Crippen LogP contribution in [-0.2, 0) is 4.79 Å². The van der Waals surface area contributed by atoms with Gasteiger partial charge in [0.1, 0.15) is 11.7 Å². The lowest BCUT2D eigenvalue weighted by atomic mass is 9.78. The van der Waals surface area contributed by atoms with Crippen molar-refractivity contribution in [1.82, 2.24) is 5.32 Å². The maximum Gasteiger partial charge on any atom is 0.236 e. The van der Waals surface area contributed by atoms with Gasteiger partial charge >= 0.3 is 0 Å². The maximum atomic E-state index is 13.9. The number of nitrogens with zero attached hydrogens (tertiary/aromatic N) is 1. The largest absolute Gasteiger partial charge is 0.467 e. The first kappa shape index (κ1) is 23.1. The third kappa shape index (κ3) is 3.85. The van der Waals surface area contributed by atoms with Crippen molar-refractivity contribution < 1.29 is 9.53 Å². The fourth-order valence-electron chi connectivity index (χ4n) is 4.92. The summed E-state index contributed by atoms with van der Waals surface area (Å²) in [7, 11) is 0. The molecule has 5 rings (SSSR count). The van der Waals surface area contributed by atoms with Gasteiger partial charge < -0.3 is 15.4 Å². The van der Waals surface area contributed by atoms with Crippen LogP contribution in [0.5, 0.6) is 5.75 Å². The monoisotopic (exact) mass is 555 g/mol. The zero-order valence-electron chi connectivity index (χ0n) is 18.9. The van der Waals surface area contributed by atoms with E-state index in [4.69, 9.17) is 28.6 Å². The molecule has 174 valence electrons. The van der Waals surface area contributed by atoms with E-state index in [9.17, 15) is 4.79 Å². The molecule has 2 bridgehead atoms. The number of amides is 1. The molecule has 1 saturated heterocycles. The Labute approximate surface area is 217 Å². The average molecular weight is 557 g/mol. The van der Waals surface area contributed by atoms with Gasteiger partial charge in [-0.3, -0.25) is 9.69 Å². The molecular formula is C26H23BrClN3O2S. The van der Waals surface area contributed by atoms with Crippen molar-refractivity contribution in [1.29, 1.82) is 0 Å². The molecule has 3 aromatic carbocycles. The van der Waals surface area contributed by atoms with Crippen LogP contribution in [0.15, 0.2) is 65.1 Å². The first-order chi connectivity index (χ1) is 16.2. The molecule has 0 spiro atoms. The highest BCUT2D eigenvalue weighted by Gasteiger charge is 2.59. The minimum absolute atomic E-state index is 0.160. The Morgan fingerprint density at radius 1 is 1.18 bits per heavy atom. The summed E-state index contributed by atoms with van der Waals surface area (Å²) in [6, 6.07) is 18.8. The van der Waals surface area contributed by atoms with Crippen LogP contribution in [0.25, 0.3) is 0 Å². The number of thiocarbonyl (C=S) groups is 1. The first-order valence-electron chi connectivity index (χ1n) is 10.9. The molecule has 8 heteroatoms. The minimum Gasteiger partial charge on any atom is -0.467 e. The van der Waals surface area contributed by atoms with Crippen molar-refractivity contribution >= 4 is 62.1 Å². The van der Waals surface area contributed by atoms with Crippen LogP contribution in [0.1, 0.15) is 29.7 Å². The second kappa shape index (κ2) is 8.56. The van der Waals surface area contributed by atoms with Gasteiger partial charge in [-0.05, 0) is 81.0 Å². The maximum absolute atomic E-state index is 13.9. The summed E-state index contributed by atoms with van der Waals surface area (Å²) in [5.41, 5.74) is 3.43. The van der Waals surface area contributed by atoms with Crippen molar-refractivity contribution in [2.45, 2.75) is 32.5 Å². The number of ether oxygens (including phenoxy) is 1. The molecule has 1 amide bonds. The number of anilines is 2. The lowest BCUT2D eigenvalue weighted by Crippen LogP contribution is -2.72. The topological polar surface area (TPSA) is 53.6 Å². The van der Waals surface area contributed by atoms with Crippen LogP contribution >= 0.6 is 39.7 Å². The highest BCUT2D eigenvalue weighted by atomic mass is 79.9. The molecule has 2 aliphatic rings. The Morgan fingerprint density at radius 2 is 1.97 bits per heavy atom. The highest BCUT2D eigenvalue weighted by molar-refractivity contribution is 9.10. The van der Waals surface area contributed by atoms with Crippen LogP contribution in [0.4, 0.5) is 11.4 Å². The van der Waals surface area contributed by atoms with E-state index < -0.39 is 11.6 Å². The van der Waals surface area contributed by atoms with E-state index in [1.165, 1.54) is 0 Å². The average Bonchev–Trinajstić information content (AvgIpc) is 2.76. The van der Waals surface area contributed by atoms with Gasteiger partial charge in [-0.25, -0.2) is 0 Å². The van der Waals surface area contributed by atoms with Gasteiger partial charge in [-0.2, -0.15) is 0 Å². The van der Waals surface area contributed by atoms with Gasteiger partial charge in [-0.1, -0.05) is 51.3 Å².